The summed E-state index contributed by atoms with van der Waals surface area (Å²) in [6, 6.07) is 21.6. The number of nitrogens with one attached hydrogen (secondary N) is 1. The molecule has 2 aliphatic heterocycles. The summed E-state index contributed by atoms with van der Waals surface area (Å²) in [6.45, 7) is -1.44. The van der Waals surface area contributed by atoms with Crippen LogP contribution in [-0.2, 0) is 54.5 Å². The van der Waals surface area contributed by atoms with Gasteiger partial charge in [0.2, 0.25) is 6.61 Å². The number of benzene rings is 3. The van der Waals surface area contributed by atoms with Crippen LogP contribution in [0.2, 0.25) is 0 Å². The molecule has 0 spiro atoms. The summed E-state index contributed by atoms with van der Waals surface area (Å²) in [5.41, 5.74) is 4.52. The van der Waals surface area contributed by atoms with E-state index in [1.807, 2.05) is 0 Å². The van der Waals surface area contributed by atoms with Crippen LogP contribution in [0.1, 0.15) is 41.3 Å². The topological polar surface area (TPSA) is 241 Å². The van der Waals surface area contributed by atoms with E-state index in [2.05, 4.69) is 15.5 Å². The van der Waals surface area contributed by atoms with Crippen LogP contribution < -0.4 is 11.1 Å². The quantitative estimate of drug-likeness (QED) is 0.0618. The molecule has 2 atom stereocenters. The number of hydroxylamine groups is 2. The number of hydrogen-bond donors (Lipinski definition) is 2. The molecule has 2 fully saturated rings. The van der Waals surface area contributed by atoms with Crippen molar-refractivity contribution in [2.45, 2.75) is 37.3 Å². The first-order valence-corrected chi connectivity index (χ1v) is 17.0. The lowest BCUT2D eigenvalue weighted by Gasteiger charge is -2.34. The number of amides is 2. The number of cyclic esters (lactones) is 1. The first-order chi connectivity index (χ1) is 26.0. The molecule has 0 radical (unpaired) electrons. The number of thiazole rings is 1. The van der Waals surface area contributed by atoms with Crippen molar-refractivity contribution in [1.29, 1.82) is 0 Å². The zero-order valence-electron chi connectivity index (χ0n) is 28.0. The summed E-state index contributed by atoms with van der Waals surface area (Å²) in [6.07, 6.45) is -1.45. The summed E-state index contributed by atoms with van der Waals surface area (Å²) in [5, 5.41) is 19.1. The molecule has 0 bridgehead atoms. The number of esters is 3. The molecule has 3 heterocycles. The van der Waals surface area contributed by atoms with E-state index >= 15 is 0 Å². The third-order valence-electron chi connectivity index (χ3n) is 8.07. The number of hydrogen-bond acceptors (Lipinski definition) is 16. The lowest BCUT2D eigenvalue weighted by molar-refractivity contribution is -0.384. The van der Waals surface area contributed by atoms with Crippen LogP contribution in [0.5, 0.6) is 0 Å². The first kappa shape index (κ1) is 37.0. The summed E-state index contributed by atoms with van der Waals surface area (Å²) in [4.78, 5) is 91.0. The number of nitrogens with two attached hydrogens (primary N) is 1. The SMILES string of the molecule is Nc1nc(C(=NOCC(=O)OCc2ccc([N+](=O)[O-])cc2)C(=O)N[C@H]2CON(C3(C(=O)OC(c4ccccc4)c4ccccc4)CCC(=O)O3)C2=O)cs1. The lowest BCUT2D eigenvalue weighted by Crippen LogP contribution is -2.57. The minimum Gasteiger partial charge on any atom is -0.458 e. The monoisotopic (exact) mass is 758 g/mol. The van der Waals surface area contributed by atoms with Gasteiger partial charge in [0.1, 0.15) is 24.9 Å². The third kappa shape index (κ3) is 8.32. The Hall–Kier alpha value is -6.73. The average Bonchev–Trinajstić information content (AvgIpc) is 3.90. The van der Waals surface area contributed by atoms with E-state index < -0.39 is 71.4 Å². The highest BCUT2D eigenvalue weighted by Crippen LogP contribution is 2.38. The largest absolute Gasteiger partial charge is 0.458 e. The van der Waals surface area contributed by atoms with Crippen molar-refractivity contribution in [2.75, 3.05) is 18.9 Å². The molecule has 0 saturated carbocycles. The van der Waals surface area contributed by atoms with Gasteiger partial charge in [-0.25, -0.2) is 14.6 Å². The van der Waals surface area contributed by atoms with E-state index in [0.717, 1.165) is 11.3 Å². The zero-order valence-corrected chi connectivity index (χ0v) is 28.8. The zero-order chi connectivity index (χ0) is 38.2. The van der Waals surface area contributed by atoms with Gasteiger partial charge in [-0.1, -0.05) is 65.8 Å². The molecule has 4 aromatic rings. The molecule has 18 nitrogen and oxygen atoms in total. The fourth-order valence-electron chi connectivity index (χ4n) is 5.42. The third-order valence-corrected chi connectivity index (χ3v) is 8.74. The second-order valence-electron chi connectivity index (χ2n) is 11.7. The van der Waals surface area contributed by atoms with E-state index in [0.29, 0.717) is 21.8 Å². The van der Waals surface area contributed by atoms with E-state index in [1.165, 1.54) is 29.6 Å². The molecule has 2 amide bonds. The van der Waals surface area contributed by atoms with Gasteiger partial charge in [0, 0.05) is 23.9 Å². The smallest absolute Gasteiger partial charge is 0.376 e. The van der Waals surface area contributed by atoms with Crippen molar-refractivity contribution in [2.24, 2.45) is 5.16 Å². The lowest BCUT2D eigenvalue weighted by atomic mass is 10.0. The first-order valence-electron chi connectivity index (χ1n) is 16.1. The fraction of sp³-hybridized carbons (Fsp3) is 0.229. The van der Waals surface area contributed by atoms with Crippen molar-refractivity contribution in [3.8, 4) is 0 Å². The van der Waals surface area contributed by atoms with Gasteiger partial charge in [-0.3, -0.25) is 29.3 Å². The van der Waals surface area contributed by atoms with Crippen molar-refractivity contribution >= 4 is 57.6 Å². The normalized spacial score (nSPS) is 18.3. The van der Waals surface area contributed by atoms with Crippen LogP contribution in [0.15, 0.2) is 95.5 Å². The van der Waals surface area contributed by atoms with Gasteiger partial charge >= 0.3 is 23.6 Å². The van der Waals surface area contributed by atoms with Gasteiger partial charge in [-0.05, 0) is 28.8 Å². The molecule has 2 saturated heterocycles. The Kier molecular flexibility index (Phi) is 11.2. The molecule has 54 heavy (non-hydrogen) atoms. The minimum atomic E-state index is -2.30. The molecular formula is C35H30N6O12S. The number of nitro benzene ring substituents is 1. The van der Waals surface area contributed by atoms with Crippen LogP contribution in [0.25, 0.3) is 0 Å². The number of ether oxygens (including phenoxy) is 3. The second kappa shape index (κ2) is 16.3. The Labute approximate surface area is 309 Å². The number of nitrogen functional groups attached to an aromatic ring is 1. The summed E-state index contributed by atoms with van der Waals surface area (Å²) < 4.78 is 16.5. The van der Waals surface area contributed by atoms with E-state index in [4.69, 9.17) is 29.6 Å². The van der Waals surface area contributed by atoms with E-state index in [1.54, 1.807) is 60.7 Å². The van der Waals surface area contributed by atoms with Crippen molar-refractivity contribution in [3.63, 3.8) is 0 Å². The second-order valence-corrected chi connectivity index (χ2v) is 12.6. The van der Waals surface area contributed by atoms with Gasteiger partial charge in [-0.15, -0.1) is 11.3 Å². The highest BCUT2D eigenvalue weighted by atomic mass is 32.1. The number of aromatic nitrogens is 1. The van der Waals surface area contributed by atoms with Gasteiger partial charge in [-0.2, -0.15) is 5.06 Å². The number of non-ortho nitro benzene ring substituents is 1. The maximum absolute atomic E-state index is 14.0. The minimum absolute atomic E-state index is 0.0462. The molecule has 6 rings (SSSR count). The molecule has 2 aliphatic rings. The summed E-state index contributed by atoms with van der Waals surface area (Å²) in [7, 11) is 0. The van der Waals surface area contributed by atoms with Crippen LogP contribution in [0.3, 0.4) is 0 Å². The Balaban J connectivity index is 1.14. The molecule has 1 aromatic heterocycles. The van der Waals surface area contributed by atoms with Gasteiger partial charge in [0.15, 0.2) is 16.9 Å². The molecular weight excluding hydrogens is 728 g/mol. The number of carbonyl (C=O) groups is 5. The van der Waals surface area contributed by atoms with Gasteiger partial charge in [0.05, 0.1) is 11.3 Å². The fourth-order valence-corrected chi connectivity index (χ4v) is 5.97. The van der Waals surface area contributed by atoms with Crippen molar-refractivity contribution in [3.05, 3.63) is 123 Å². The Morgan fingerprint density at radius 2 is 1.72 bits per heavy atom. The number of carbonyl (C=O) groups excluding carboxylic acids is 5. The predicted octanol–water partition coefficient (Wildman–Crippen LogP) is 2.72. The van der Waals surface area contributed by atoms with Crippen molar-refractivity contribution < 1.29 is 52.8 Å². The summed E-state index contributed by atoms with van der Waals surface area (Å²) >= 11 is 0.980. The molecule has 3 N–H and O–H groups in total. The van der Waals surface area contributed by atoms with Crippen LogP contribution in [0, 0.1) is 10.1 Å². The molecule has 278 valence electrons. The maximum Gasteiger partial charge on any atom is 0.376 e. The number of nitro groups is 1. The summed E-state index contributed by atoms with van der Waals surface area (Å²) in [5.74, 6) is -4.64. The number of nitrogens with zero attached hydrogens (tertiary/aromatic N) is 4. The van der Waals surface area contributed by atoms with Gasteiger partial charge in [0.25, 0.3) is 17.5 Å². The number of anilines is 1. The molecule has 3 aromatic carbocycles. The highest BCUT2D eigenvalue weighted by molar-refractivity contribution is 7.13. The number of rotatable bonds is 14. The highest BCUT2D eigenvalue weighted by Gasteiger charge is 2.60. The Morgan fingerprint density at radius 1 is 1.06 bits per heavy atom. The Morgan fingerprint density at radius 3 is 2.30 bits per heavy atom. The molecule has 19 heteroatoms. The van der Waals surface area contributed by atoms with Crippen LogP contribution in [0.4, 0.5) is 10.8 Å². The molecule has 0 aliphatic carbocycles. The van der Waals surface area contributed by atoms with E-state index in [9.17, 15) is 34.1 Å². The maximum atomic E-state index is 14.0. The average molecular weight is 759 g/mol. The van der Waals surface area contributed by atoms with Gasteiger partial charge < -0.3 is 30.1 Å². The predicted molar refractivity (Wildman–Crippen MR) is 186 cm³/mol. The Bertz CT molecular complexity index is 2040. The van der Waals surface area contributed by atoms with E-state index in [-0.39, 0.29) is 36.0 Å². The standard InChI is InChI=1S/C35H30N6O12S/c36-34-38-26(20-54-34)29(39-50-19-28(43)49-17-21-11-13-24(14-12-21)41(47)48)31(44)37-25-18-51-40(32(25)45)35(16-15-27(42)53-35)33(46)52-30(22-7-3-1-4-8-22)23-9-5-2-6-10-23/h1-14,20,25,30H,15-19H2,(H2,36,38)(H,37,44)/t25-,35?/m0/s1. The van der Waals surface area contributed by atoms with Crippen molar-refractivity contribution in [1.82, 2.24) is 15.4 Å². The van der Waals surface area contributed by atoms with Crippen LogP contribution in [-0.4, -0.2) is 75.4 Å². The molecule has 1 unspecified atom stereocenters. The van der Waals surface area contributed by atoms with Crippen LogP contribution >= 0.6 is 11.3 Å². The number of oxime groups is 1.